The highest BCUT2D eigenvalue weighted by molar-refractivity contribution is 8.04. The number of phenols is 1. The average Bonchev–Trinajstić information content (AvgIpc) is 3.26. The molecule has 0 amide bonds. The van der Waals surface area contributed by atoms with Gasteiger partial charge in [-0.15, -0.1) is 0 Å². The van der Waals surface area contributed by atoms with Crippen molar-refractivity contribution in [2.45, 2.75) is 51.4 Å². The molecule has 0 aliphatic heterocycles. The third kappa shape index (κ3) is 8.23. The standard InChI is InChI=1S/C29H37ClN3O5PSSi/c1-6-37-39(35,38-7-2)20-40-29-32-28-25(33(29)19-36-16-17-41(3,4)5)18-24(30)27(31-28)22-14-12-21(13-15-22)23-10-8-9-11-26(23)34/h8-15,18,34H,6-7,16-17,19-20H2,1-5H3. The quantitative estimate of drug-likeness (QED) is 0.0637. The number of aromatic nitrogens is 3. The lowest BCUT2D eigenvalue weighted by molar-refractivity contribution is 0.0843. The van der Waals surface area contributed by atoms with Crippen molar-refractivity contribution in [1.82, 2.24) is 14.5 Å². The first-order valence-electron chi connectivity index (χ1n) is 13.6. The molecule has 0 saturated carbocycles. The van der Waals surface area contributed by atoms with Crippen LogP contribution in [0.3, 0.4) is 0 Å². The molecule has 0 aliphatic carbocycles. The molecule has 0 bridgehead atoms. The van der Waals surface area contributed by atoms with Gasteiger partial charge in [0, 0.05) is 25.8 Å². The van der Waals surface area contributed by atoms with Crippen LogP contribution < -0.4 is 0 Å². The van der Waals surface area contributed by atoms with Gasteiger partial charge in [-0.1, -0.05) is 85.5 Å². The predicted octanol–water partition coefficient (Wildman–Crippen LogP) is 8.75. The van der Waals surface area contributed by atoms with E-state index in [1.807, 2.05) is 47.0 Å². The number of benzene rings is 2. The molecular weight excluding hydrogens is 597 g/mol. The van der Waals surface area contributed by atoms with Crippen LogP contribution in [0.5, 0.6) is 5.75 Å². The maximum absolute atomic E-state index is 13.1. The number of rotatable bonds is 14. The second kappa shape index (κ2) is 13.9. The number of aromatic hydroxyl groups is 1. The van der Waals surface area contributed by atoms with Gasteiger partial charge in [-0.25, -0.2) is 9.97 Å². The molecule has 41 heavy (non-hydrogen) atoms. The fraction of sp³-hybridized carbons (Fsp3) is 0.379. The number of pyridine rings is 1. The van der Waals surface area contributed by atoms with Crippen molar-refractivity contribution >= 4 is 50.2 Å². The van der Waals surface area contributed by atoms with Gasteiger partial charge in [0.2, 0.25) is 0 Å². The number of thioether (sulfide) groups is 1. The first kappa shape index (κ1) is 31.8. The van der Waals surface area contributed by atoms with Gasteiger partial charge in [0.05, 0.1) is 29.4 Å². The number of fused-ring (bicyclic) bond motifs is 1. The molecular formula is C29H37ClN3O5PSSi. The zero-order valence-electron chi connectivity index (χ0n) is 24.1. The van der Waals surface area contributed by atoms with Crippen LogP contribution in [-0.2, 0) is 25.1 Å². The number of phenolic OH excluding ortho intramolecular Hbond substituents is 1. The first-order chi connectivity index (χ1) is 19.5. The summed E-state index contributed by atoms with van der Waals surface area (Å²) in [7, 11) is -4.55. The third-order valence-electron chi connectivity index (χ3n) is 6.25. The van der Waals surface area contributed by atoms with E-state index >= 15 is 0 Å². The van der Waals surface area contributed by atoms with Crippen LogP contribution in [0.4, 0.5) is 0 Å². The summed E-state index contributed by atoms with van der Waals surface area (Å²) in [6, 6.07) is 17.8. The Morgan fingerprint density at radius 3 is 2.29 bits per heavy atom. The molecule has 0 atom stereocenters. The molecule has 12 heteroatoms. The number of ether oxygens (including phenoxy) is 1. The normalized spacial score (nSPS) is 12.3. The smallest absolute Gasteiger partial charge is 0.340 e. The number of para-hydroxylation sites is 1. The van der Waals surface area contributed by atoms with Gasteiger partial charge < -0.3 is 18.9 Å². The highest BCUT2D eigenvalue weighted by Crippen LogP contribution is 2.52. The summed E-state index contributed by atoms with van der Waals surface area (Å²) in [4.78, 5) is 9.61. The van der Waals surface area contributed by atoms with Crippen LogP contribution in [0.15, 0.2) is 59.8 Å². The third-order valence-corrected chi connectivity index (χ3v) is 11.9. The zero-order valence-corrected chi connectivity index (χ0v) is 27.6. The molecule has 4 rings (SSSR count). The van der Waals surface area contributed by atoms with Crippen LogP contribution >= 0.6 is 31.0 Å². The van der Waals surface area contributed by atoms with Gasteiger partial charge in [0.25, 0.3) is 0 Å². The summed E-state index contributed by atoms with van der Waals surface area (Å²) in [6.07, 6.45) is 0. The van der Waals surface area contributed by atoms with E-state index in [1.165, 1.54) is 11.8 Å². The Hall–Kier alpha value is -2.17. The molecule has 0 fully saturated rings. The minimum Gasteiger partial charge on any atom is -0.507 e. The van der Waals surface area contributed by atoms with Gasteiger partial charge in [0.1, 0.15) is 18.0 Å². The first-order valence-corrected chi connectivity index (χ1v) is 20.4. The average molecular weight is 634 g/mol. The van der Waals surface area contributed by atoms with Gasteiger partial charge >= 0.3 is 7.60 Å². The second-order valence-electron chi connectivity index (χ2n) is 10.6. The van der Waals surface area contributed by atoms with Crippen molar-refractivity contribution in [1.29, 1.82) is 0 Å². The largest absolute Gasteiger partial charge is 0.507 e. The molecule has 4 aromatic rings. The maximum atomic E-state index is 13.1. The van der Waals surface area contributed by atoms with Gasteiger partial charge in [-0.05, 0) is 37.6 Å². The van der Waals surface area contributed by atoms with Crippen molar-refractivity contribution in [3.8, 4) is 28.1 Å². The van der Waals surface area contributed by atoms with Gasteiger partial charge in [-0.2, -0.15) is 0 Å². The van der Waals surface area contributed by atoms with Crippen LogP contribution in [0.2, 0.25) is 30.7 Å². The van der Waals surface area contributed by atoms with Crippen LogP contribution in [0, 0.1) is 0 Å². The van der Waals surface area contributed by atoms with E-state index in [0.29, 0.717) is 28.1 Å². The second-order valence-corrected chi connectivity index (χ2v) is 20.1. The van der Waals surface area contributed by atoms with Crippen LogP contribution in [0.1, 0.15) is 13.8 Å². The van der Waals surface area contributed by atoms with E-state index in [4.69, 9.17) is 35.4 Å². The Kier molecular flexibility index (Phi) is 10.7. The van der Waals surface area contributed by atoms with E-state index in [0.717, 1.165) is 28.3 Å². The molecule has 0 spiro atoms. The monoisotopic (exact) mass is 633 g/mol. The Labute approximate surface area is 252 Å². The van der Waals surface area contributed by atoms with Crippen molar-refractivity contribution in [3.05, 3.63) is 59.6 Å². The summed E-state index contributed by atoms with van der Waals surface area (Å²) in [5, 5.41) is 11.3. The predicted molar refractivity (Wildman–Crippen MR) is 171 cm³/mol. The molecule has 220 valence electrons. The molecule has 1 N–H and O–H groups in total. The topological polar surface area (TPSA) is 95.7 Å². The number of nitrogens with zero attached hydrogens (tertiary/aromatic N) is 3. The van der Waals surface area contributed by atoms with E-state index < -0.39 is 15.7 Å². The molecule has 0 unspecified atom stereocenters. The van der Waals surface area contributed by atoms with Gasteiger partial charge in [0.15, 0.2) is 10.8 Å². The van der Waals surface area contributed by atoms with Crippen molar-refractivity contribution in [2.75, 3.05) is 25.3 Å². The number of hydrogen-bond acceptors (Lipinski definition) is 8. The highest BCUT2D eigenvalue weighted by atomic mass is 35.5. The van der Waals surface area contributed by atoms with Crippen molar-refractivity contribution < 1.29 is 23.5 Å². The van der Waals surface area contributed by atoms with Crippen LogP contribution in [-0.4, -0.2) is 53.0 Å². The van der Waals surface area contributed by atoms with Crippen LogP contribution in [0.25, 0.3) is 33.5 Å². The summed E-state index contributed by atoms with van der Waals surface area (Å²) in [5.41, 5.74) is 4.40. The van der Waals surface area contributed by atoms with E-state index in [-0.39, 0.29) is 31.2 Å². The summed E-state index contributed by atoms with van der Waals surface area (Å²) in [5.74, 6) is 0.221. The summed E-state index contributed by atoms with van der Waals surface area (Å²) < 4.78 is 32.1. The Bertz CT molecular complexity index is 1520. The van der Waals surface area contributed by atoms with E-state index in [9.17, 15) is 9.67 Å². The number of hydrogen-bond donors (Lipinski definition) is 1. The minimum absolute atomic E-state index is 0.112. The Balaban J connectivity index is 1.66. The molecule has 0 saturated heterocycles. The summed E-state index contributed by atoms with van der Waals surface area (Å²) in [6.45, 7) is 12.0. The lowest BCUT2D eigenvalue weighted by Crippen LogP contribution is -2.22. The fourth-order valence-corrected chi connectivity index (χ4v) is 8.16. The minimum atomic E-state index is -3.29. The van der Waals surface area contributed by atoms with Gasteiger partial charge in [-0.3, -0.25) is 9.13 Å². The highest BCUT2D eigenvalue weighted by Gasteiger charge is 2.26. The van der Waals surface area contributed by atoms with Crippen molar-refractivity contribution in [3.63, 3.8) is 0 Å². The lowest BCUT2D eigenvalue weighted by atomic mass is 10.0. The SMILES string of the molecule is CCOP(=O)(CSc1nc2nc(-c3ccc(-c4ccccc4O)cc3)c(Cl)cc2n1COCC[Si](C)(C)C)OCC. The summed E-state index contributed by atoms with van der Waals surface area (Å²) >= 11 is 8.08. The molecule has 2 heterocycles. The zero-order chi connectivity index (χ0) is 29.6. The molecule has 2 aromatic carbocycles. The molecule has 0 aliphatic rings. The van der Waals surface area contributed by atoms with E-state index in [2.05, 4.69) is 19.6 Å². The lowest BCUT2D eigenvalue weighted by Gasteiger charge is -2.18. The Morgan fingerprint density at radius 1 is 1.00 bits per heavy atom. The molecule has 0 radical (unpaired) electrons. The maximum Gasteiger partial charge on any atom is 0.340 e. The molecule has 8 nitrogen and oxygen atoms in total. The molecule has 2 aromatic heterocycles. The Morgan fingerprint density at radius 2 is 1.66 bits per heavy atom. The number of imidazole rings is 1. The van der Waals surface area contributed by atoms with E-state index in [1.54, 1.807) is 26.0 Å². The number of halogens is 1. The fourth-order valence-electron chi connectivity index (χ4n) is 4.14. The van der Waals surface area contributed by atoms with Crippen molar-refractivity contribution in [2.24, 2.45) is 0 Å².